The molecule has 0 aliphatic carbocycles. The second-order valence-corrected chi connectivity index (χ2v) is 6.57. The molecule has 0 aromatic heterocycles. The van der Waals surface area contributed by atoms with E-state index in [9.17, 15) is 18.0 Å². The predicted molar refractivity (Wildman–Crippen MR) is 80.0 cm³/mol. The zero-order chi connectivity index (χ0) is 17.0. The van der Waals surface area contributed by atoms with Crippen LogP contribution in [-0.4, -0.2) is 89.8 Å². The summed E-state index contributed by atoms with van der Waals surface area (Å²) in [5.74, 6) is 0.112. The topological polar surface area (TPSA) is 47.0 Å². The molecule has 2 saturated heterocycles. The summed E-state index contributed by atoms with van der Waals surface area (Å²) in [7, 11) is 0. The third kappa shape index (κ3) is 5.32. The molecular weight excluding hydrogens is 311 g/mol. The van der Waals surface area contributed by atoms with E-state index in [1.54, 1.807) is 4.90 Å². The lowest BCUT2D eigenvalue weighted by atomic mass is 10.0. The van der Waals surface area contributed by atoms with Crippen molar-refractivity contribution in [1.29, 1.82) is 0 Å². The van der Waals surface area contributed by atoms with Crippen LogP contribution in [-0.2, 0) is 4.79 Å². The summed E-state index contributed by atoms with van der Waals surface area (Å²) in [6.07, 6.45) is -3.64. The van der Waals surface area contributed by atoms with Gasteiger partial charge in [0.15, 0.2) is 6.10 Å². The molecule has 0 aromatic rings. The first kappa shape index (κ1) is 18.5. The van der Waals surface area contributed by atoms with Crippen molar-refractivity contribution in [3.63, 3.8) is 0 Å². The fraction of sp³-hybridized carbons (Fsp3) is 0.933. The van der Waals surface area contributed by atoms with E-state index in [1.807, 2.05) is 9.80 Å². The third-order valence-corrected chi connectivity index (χ3v) is 4.76. The summed E-state index contributed by atoms with van der Waals surface area (Å²) < 4.78 is 37.1. The number of halogens is 3. The van der Waals surface area contributed by atoms with E-state index in [0.29, 0.717) is 32.7 Å². The minimum absolute atomic E-state index is 0.112. The van der Waals surface area contributed by atoms with Crippen molar-refractivity contribution in [2.24, 2.45) is 0 Å². The highest BCUT2D eigenvalue weighted by atomic mass is 19.4. The third-order valence-electron chi connectivity index (χ3n) is 4.76. The molecule has 0 saturated carbocycles. The molecule has 2 atom stereocenters. The molecule has 0 radical (unpaired) electrons. The maximum atomic E-state index is 12.4. The van der Waals surface area contributed by atoms with Crippen LogP contribution in [0.15, 0.2) is 0 Å². The van der Waals surface area contributed by atoms with Crippen LogP contribution in [0.4, 0.5) is 13.2 Å². The minimum Gasteiger partial charge on any atom is -0.382 e. The number of alkyl halides is 3. The Hall–Kier alpha value is -0.860. The number of aliphatic hydroxyl groups excluding tert-OH is 1. The van der Waals surface area contributed by atoms with Crippen molar-refractivity contribution in [2.75, 3.05) is 45.8 Å². The van der Waals surface area contributed by atoms with Crippen LogP contribution in [0.3, 0.4) is 0 Å². The molecule has 1 N–H and O–H groups in total. The Kier molecular flexibility index (Phi) is 6.27. The SMILES string of the molecule is C[C@H]1CCCCN1C(=O)CN1CCN(C[C@H](O)C(F)(F)F)CC1. The molecule has 0 unspecified atom stereocenters. The predicted octanol–water partition coefficient (Wildman–Crippen LogP) is 0.928. The van der Waals surface area contributed by atoms with Crippen LogP contribution in [0.1, 0.15) is 26.2 Å². The maximum Gasteiger partial charge on any atom is 0.415 e. The number of piperidine rings is 1. The van der Waals surface area contributed by atoms with Crippen molar-refractivity contribution in [1.82, 2.24) is 14.7 Å². The first-order chi connectivity index (χ1) is 10.8. The van der Waals surface area contributed by atoms with Crippen LogP contribution >= 0.6 is 0 Å². The molecule has 2 fully saturated rings. The van der Waals surface area contributed by atoms with Crippen LogP contribution in [0.25, 0.3) is 0 Å². The Morgan fingerprint density at radius 1 is 1.13 bits per heavy atom. The quantitative estimate of drug-likeness (QED) is 0.829. The number of amides is 1. The summed E-state index contributed by atoms with van der Waals surface area (Å²) in [5, 5.41) is 9.11. The van der Waals surface area contributed by atoms with Crippen molar-refractivity contribution in [3.05, 3.63) is 0 Å². The van der Waals surface area contributed by atoms with Gasteiger partial charge in [0.05, 0.1) is 6.54 Å². The highest BCUT2D eigenvalue weighted by Crippen LogP contribution is 2.21. The molecular formula is C15H26F3N3O2. The molecule has 2 aliphatic heterocycles. The molecule has 8 heteroatoms. The maximum absolute atomic E-state index is 12.4. The Morgan fingerprint density at radius 3 is 2.30 bits per heavy atom. The number of aliphatic hydroxyl groups is 1. The number of nitrogens with zero attached hydrogens (tertiary/aromatic N) is 3. The number of likely N-dealkylation sites (tertiary alicyclic amines) is 1. The van der Waals surface area contributed by atoms with E-state index in [4.69, 9.17) is 5.11 Å². The second-order valence-electron chi connectivity index (χ2n) is 6.57. The lowest BCUT2D eigenvalue weighted by molar-refractivity contribution is -0.208. The summed E-state index contributed by atoms with van der Waals surface area (Å²) >= 11 is 0. The van der Waals surface area contributed by atoms with E-state index < -0.39 is 18.8 Å². The van der Waals surface area contributed by atoms with Gasteiger partial charge in [-0.25, -0.2) is 0 Å². The number of β-amino-alcohol motifs (C(OH)–C–C–N with tert-alkyl or cyclic N) is 1. The van der Waals surface area contributed by atoms with E-state index in [1.165, 1.54) is 0 Å². The molecule has 2 rings (SSSR count). The van der Waals surface area contributed by atoms with Gasteiger partial charge in [0.2, 0.25) is 5.91 Å². The Bertz CT molecular complexity index is 398. The first-order valence-electron chi connectivity index (χ1n) is 8.26. The minimum atomic E-state index is -4.57. The fourth-order valence-corrected chi connectivity index (χ4v) is 3.23. The second kappa shape index (κ2) is 7.81. The van der Waals surface area contributed by atoms with Gasteiger partial charge in [-0.05, 0) is 26.2 Å². The Balaban J connectivity index is 1.73. The summed E-state index contributed by atoms with van der Waals surface area (Å²) in [5.41, 5.74) is 0. The van der Waals surface area contributed by atoms with Crippen molar-refractivity contribution < 1.29 is 23.1 Å². The molecule has 2 aliphatic rings. The van der Waals surface area contributed by atoms with Crippen molar-refractivity contribution in [2.45, 2.75) is 44.5 Å². The number of hydrogen-bond donors (Lipinski definition) is 1. The van der Waals surface area contributed by atoms with E-state index >= 15 is 0 Å². The lowest BCUT2D eigenvalue weighted by Gasteiger charge is -2.38. The van der Waals surface area contributed by atoms with Gasteiger partial charge in [0, 0.05) is 45.3 Å². The number of carbonyl (C=O) groups is 1. The molecule has 2 heterocycles. The molecule has 0 bridgehead atoms. The van der Waals surface area contributed by atoms with Gasteiger partial charge in [0.1, 0.15) is 0 Å². The standard InChI is InChI=1S/C15H26F3N3O2/c1-12-4-2-3-5-21(12)14(23)11-20-8-6-19(7-9-20)10-13(22)15(16,17)18/h12-13,22H,2-11H2,1H3/t12-,13-/m0/s1. The largest absolute Gasteiger partial charge is 0.415 e. The van der Waals surface area contributed by atoms with E-state index in [-0.39, 0.29) is 11.9 Å². The smallest absolute Gasteiger partial charge is 0.382 e. The molecule has 1 amide bonds. The normalized spacial score (nSPS) is 26.3. The van der Waals surface area contributed by atoms with Crippen LogP contribution in [0.2, 0.25) is 0 Å². The van der Waals surface area contributed by atoms with Gasteiger partial charge in [-0.2, -0.15) is 13.2 Å². The van der Waals surface area contributed by atoms with Crippen molar-refractivity contribution >= 4 is 5.91 Å². The van der Waals surface area contributed by atoms with Crippen LogP contribution in [0, 0.1) is 0 Å². The van der Waals surface area contributed by atoms with E-state index in [0.717, 1.165) is 25.8 Å². The first-order valence-corrected chi connectivity index (χ1v) is 8.26. The summed E-state index contributed by atoms with van der Waals surface area (Å²) in [6.45, 7) is 4.79. The van der Waals surface area contributed by atoms with Gasteiger partial charge in [-0.3, -0.25) is 14.6 Å². The average molecular weight is 337 g/mol. The summed E-state index contributed by atoms with van der Waals surface area (Å²) in [4.78, 5) is 17.9. The Morgan fingerprint density at radius 2 is 1.74 bits per heavy atom. The van der Waals surface area contributed by atoms with Crippen molar-refractivity contribution in [3.8, 4) is 0 Å². The van der Waals surface area contributed by atoms with Gasteiger partial charge >= 0.3 is 6.18 Å². The van der Waals surface area contributed by atoms with Gasteiger partial charge in [0.25, 0.3) is 0 Å². The van der Waals surface area contributed by atoms with Gasteiger partial charge in [-0.15, -0.1) is 0 Å². The van der Waals surface area contributed by atoms with Crippen LogP contribution < -0.4 is 0 Å². The highest BCUT2D eigenvalue weighted by molar-refractivity contribution is 5.78. The van der Waals surface area contributed by atoms with E-state index in [2.05, 4.69) is 6.92 Å². The zero-order valence-corrected chi connectivity index (χ0v) is 13.6. The molecule has 134 valence electrons. The van der Waals surface area contributed by atoms with Crippen LogP contribution in [0.5, 0.6) is 0 Å². The van der Waals surface area contributed by atoms with Gasteiger partial charge in [-0.1, -0.05) is 0 Å². The fourth-order valence-electron chi connectivity index (χ4n) is 3.23. The number of piperazine rings is 1. The molecule has 5 nitrogen and oxygen atoms in total. The molecule has 0 spiro atoms. The zero-order valence-electron chi connectivity index (χ0n) is 13.6. The molecule has 0 aromatic carbocycles. The molecule has 23 heavy (non-hydrogen) atoms. The van der Waals surface area contributed by atoms with Gasteiger partial charge < -0.3 is 10.0 Å². The Labute approximate surface area is 135 Å². The summed E-state index contributed by atoms with van der Waals surface area (Å²) in [6, 6.07) is 0.277. The highest BCUT2D eigenvalue weighted by Gasteiger charge is 2.39. The average Bonchev–Trinajstić information content (AvgIpc) is 2.48. The number of carbonyl (C=O) groups excluding carboxylic acids is 1. The number of rotatable bonds is 4. The number of hydrogen-bond acceptors (Lipinski definition) is 4. The monoisotopic (exact) mass is 337 g/mol. The lowest BCUT2D eigenvalue weighted by Crippen LogP contribution is -2.53.